The zero-order valence-electron chi connectivity index (χ0n) is 8.97. The lowest BCUT2D eigenvalue weighted by Gasteiger charge is -2.03. The summed E-state index contributed by atoms with van der Waals surface area (Å²) in [7, 11) is 0. The van der Waals surface area contributed by atoms with Gasteiger partial charge in [-0.2, -0.15) is 0 Å². The Hall–Kier alpha value is -0.870. The molecule has 1 heterocycles. The minimum Gasteiger partial charge on any atom is -0.447 e. The number of nitrogens with one attached hydrogen (secondary N) is 2. The molecular weight excluding hydrogens is 178 g/mol. The molecule has 0 saturated heterocycles. The van der Waals surface area contributed by atoms with Crippen LogP contribution in [0.25, 0.3) is 0 Å². The number of aryl methyl sites for hydroxylation is 1. The lowest BCUT2D eigenvalue weighted by atomic mass is 10.3. The molecule has 4 heteroatoms. The summed E-state index contributed by atoms with van der Waals surface area (Å²) in [6, 6.07) is 0. The standard InChI is InChI=1S/C10H19N3O/c1-3-11-5-4-6-12-7-10-9(2)13-8-14-10/h8,11-12H,3-7H2,1-2H3. The maximum absolute atomic E-state index is 5.20. The van der Waals surface area contributed by atoms with Crippen molar-refractivity contribution in [3.8, 4) is 0 Å². The molecule has 0 aromatic carbocycles. The number of hydrogen-bond acceptors (Lipinski definition) is 4. The predicted molar refractivity (Wildman–Crippen MR) is 56.1 cm³/mol. The Kier molecular flexibility index (Phi) is 5.25. The molecule has 0 bridgehead atoms. The van der Waals surface area contributed by atoms with Crippen molar-refractivity contribution in [2.75, 3.05) is 19.6 Å². The molecule has 14 heavy (non-hydrogen) atoms. The summed E-state index contributed by atoms with van der Waals surface area (Å²) in [5.41, 5.74) is 0.976. The van der Waals surface area contributed by atoms with Gasteiger partial charge < -0.3 is 15.1 Å². The monoisotopic (exact) mass is 197 g/mol. The third-order valence-electron chi connectivity index (χ3n) is 2.09. The van der Waals surface area contributed by atoms with Gasteiger partial charge in [0.25, 0.3) is 0 Å². The smallest absolute Gasteiger partial charge is 0.181 e. The molecule has 0 aliphatic heterocycles. The lowest BCUT2D eigenvalue weighted by molar-refractivity contribution is 0.473. The van der Waals surface area contributed by atoms with Gasteiger partial charge >= 0.3 is 0 Å². The van der Waals surface area contributed by atoms with E-state index in [0.717, 1.165) is 44.1 Å². The van der Waals surface area contributed by atoms with Crippen molar-refractivity contribution in [1.29, 1.82) is 0 Å². The topological polar surface area (TPSA) is 50.1 Å². The van der Waals surface area contributed by atoms with E-state index >= 15 is 0 Å². The predicted octanol–water partition coefficient (Wildman–Crippen LogP) is 1.07. The van der Waals surface area contributed by atoms with Crippen LogP contribution in [-0.4, -0.2) is 24.6 Å². The maximum Gasteiger partial charge on any atom is 0.181 e. The molecule has 1 rings (SSSR count). The Morgan fingerprint density at radius 1 is 1.36 bits per heavy atom. The van der Waals surface area contributed by atoms with Crippen molar-refractivity contribution in [2.24, 2.45) is 0 Å². The van der Waals surface area contributed by atoms with Crippen molar-refractivity contribution in [3.05, 3.63) is 17.8 Å². The highest BCUT2D eigenvalue weighted by Crippen LogP contribution is 2.03. The number of aromatic nitrogens is 1. The molecule has 1 aromatic rings. The molecule has 0 aliphatic rings. The largest absolute Gasteiger partial charge is 0.447 e. The van der Waals surface area contributed by atoms with Crippen LogP contribution in [0.5, 0.6) is 0 Å². The summed E-state index contributed by atoms with van der Waals surface area (Å²) in [4.78, 5) is 4.03. The number of oxazole rings is 1. The summed E-state index contributed by atoms with van der Waals surface area (Å²) >= 11 is 0. The van der Waals surface area contributed by atoms with Gasteiger partial charge in [-0.15, -0.1) is 0 Å². The first-order chi connectivity index (χ1) is 6.84. The van der Waals surface area contributed by atoms with Crippen LogP contribution in [-0.2, 0) is 6.54 Å². The van der Waals surface area contributed by atoms with Crippen LogP contribution in [0.4, 0.5) is 0 Å². The highest BCUT2D eigenvalue weighted by atomic mass is 16.3. The fourth-order valence-corrected chi connectivity index (χ4v) is 1.21. The van der Waals surface area contributed by atoms with Crippen molar-refractivity contribution in [3.63, 3.8) is 0 Å². The molecular formula is C10H19N3O. The normalized spacial score (nSPS) is 10.7. The van der Waals surface area contributed by atoms with Gasteiger partial charge in [-0.05, 0) is 33.0 Å². The van der Waals surface area contributed by atoms with Crippen molar-refractivity contribution >= 4 is 0 Å². The average Bonchev–Trinajstić information content (AvgIpc) is 2.58. The number of hydrogen-bond donors (Lipinski definition) is 2. The van der Waals surface area contributed by atoms with E-state index < -0.39 is 0 Å². The second kappa shape index (κ2) is 6.56. The van der Waals surface area contributed by atoms with E-state index in [1.165, 1.54) is 6.39 Å². The first-order valence-electron chi connectivity index (χ1n) is 5.15. The Labute approximate surface area is 85.1 Å². The zero-order valence-corrected chi connectivity index (χ0v) is 8.97. The molecule has 1 aromatic heterocycles. The van der Waals surface area contributed by atoms with Crippen LogP contribution in [0.1, 0.15) is 24.8 Å². The SMILES string of the molecule is CCNCCCNCc1ocnc1C. The van der Waals surface area contributed by atoms with E-state index in [-0.39, 0.29) is 0 Å². The fourth-order valence-electron chi connectivity index (χ4n) is 1.21. The number of nitrogens with zero attached hydrogens (tertiary/aromatic N) is 1. The molecule has 4 nitrogen and oxygen atoms in total. The second-order valence-electron chi connectivity index (χ2n) is 3.24. The number of rotatable bonds is 7. The van der Waals surface area contributed by atoms with Crippen molar-refractivity contribution in [1.82, 2.24) is 15.6 Å². The Bertz CT molecular complexity index is 247. The van der Waals surface area contributed by atoms with Crippen LogP contribution in [0.15, 0.2) is 10.8 Å². The van der Waals surface area contributed by atoms with Crippen LogP contribution in [0.3, 0.4) is 0 Å². The van der Waals surface area contributed by atoms with E-state index in [2.05, 4.69) is 22.5 Å². The maximum atomic E-state index is 5.20. The molecule has 80 valence electrons. The molecule has 0 amide bonds. The molecule has 0 atom stereocenters. The van der Waals surface area contributed by atoms with Gasteiger partial charge in [0.05, 0.1) is 12.2 Å². The van der Waals surface area contributed by atoms with Crippen LogP contribution in [0, 0.1) is 6.92 Å². The van der Waals surface area contributed by atoms with Crippen molar-refractivity contribution in [2.45, 2.75) is 26.8 Å². The van der Waals surface area contributed by atoms with E-state index in [1.54, 1.807) is 0 Å². The third kappa shape index (κ3) is 3.89. The molecule has 0 radical (unpaired) electrons. The highest BCUT2D eigenvalue weighted by molar-refractivity contribution is 5.03. The van der Waals surface area contributed by atoms with Crippen LogP contribution < -0.4 is 10.6 Å². The molecule has 0 fully saturated rings. The Morgan fingerprint density at radius 2 is 2.14 bits per heavy atom. The van der Waals surface area contributed by atoms with E-state index in [0.29, 0.717) is 0 Å². The van der Waals surface area contributed by atoms with E-state index in [1.807, 2.05) is 6.92 Å². The first-order valence-corrected chi connectivity index (χ1v) is 5.15. The molecule has 2 N–H and O–H groups in total. The van der Waals surface area contributed by atoms with Crippen LogP contribution >= 0.6 is 0 Å². The first kappa shape index (κ1) is 11.2. The van der Waals surface area contributed by atoms with Gasteiger partial charge in [-0.1, -0.05) is 6.92 Å². The minimum atomic E-state index is 0.776. The summed E-state index contributed by atoms with van der Waals surface area (Å²) < 4.78 is 5.20. The van der Waals surface area contributed by atoms with Gasteiger partial charge in [-0.3, -0.25) is 0 Å². The minimum absolute atomic E-state index is 0.776. The summed E-state index contributed by atoms with van der Waals surface area (Å²) in [5.74, 6) is 0.938. The second-order valence-corrected chi connectivity index (χ2v) is 3.24. The fraction of sp³-hybridized carbons (Fsp3) is 0.700. The quantitative estimate of drug-likeness (QED) is 0.642. The van der Waals surface area contributed by atoms with E-state index in [4.69, 9.17) is 4.42 Å². The third-order valence-corrected chi connectivity index (χ3v) is 2.09. The van der Waals surface area contributed by atoms with Gasteiger partial charge in [0.2, 0.25) is 0 Å². The van der Waals surface area contributed by atoms with Gasteiger partial charge in [-0.25, -0.2) is 4.98 Å². The van der Waals surface area contributed by atoms with Gasteiger partial charge in [0.1, 0.15) is 5.76 Å². The molecule has 0 spiro atoms. The summed E-state index contributed by atoms with van der Waals surface area (Å²) in [6.45, 7) is 7.97. The molecule has 0 saturated carbocycles. The average molecular weight is 197 g/mol. The molecule has 0 aliphatic carbocycles. The van der Waals surface area contributed by atoms with Gasteiger partial charge in [0.15, 0.2) is 6.39 Å². The Balaban J connectivity index is 2.02. The summed E-state index contributed by atoms with van der Waals surface area (Å²) in [6.07, 6.45) is 2.63. The summed E-state index contributed by atoms with van der Waals surface area (Å²) in [5, 5.41) is 6.59. The van der Waals surface area contributed by atoms with Crippen molar-refractivity contribution < 1.29 is 4.42 Å². The Morgan fingerprint density at radius 3 is 2.79 bits per heavy atom. The molecule has 0 unspecified atom stereocenters. The zero-order chi connectivity index (χ0) is 10.2. The lowest BCUT2D eigenvalue weighted by Crippen LogP contribution is -2.21. The van der Waals surface area contributed by atoms with Crippen LogP contribution in [0.2, 0.25) is 0 Å². The highest BCUT2D eigenvalue weighted by Gasteiger charge is 2.01. The van der Waals surface area contributed by atoms with Gasteiger partial charge in [0, 0.05) is 0 Å². The van der Waals surface area contributed by atoms with E-state index in [9.17, 15) is 0 Å².